The Morgan fingerprint density at radius 1 is 1.00 bits per heavy atom. The van der Waals surface area contributed by atoms with E-state index < -0.39 is 28.1 Å². The summed E-state index contributed by atoms with van der Waals surface area (Å²) >= 11 is 0. The molecule has 174 valence electrons. The molecule has 3 aromatic carbocycles. The predicted octanol–water partition coefficient (Wildman–Crippen LogP) is 4.74. The van der Waals surface area contributed by atoms with Crippen LogP contribution in [-0.4, -0.2) is 36.3 Å². The zero-order valence-corrected chi connectivity index (χ0v) is 19.9. The van der Waals surface area contributed by atoms with Crippen molar-refractivity contribution in [1.82, 2.24) is 9.29 Å². The first-order valence-electron chi connectivity index (χ1n) is 11.3. The molecule has 0 amide bonds. The van der Waals surface area contributed by atoms with Crippen LogP contribution in [0, 0.1) is 6.92 Å². The number of H-pyrrole nitrogens is 1. The second-order valence-electron chi connectivity index (χ2n) is 8.50. The fraction of sp³-hybridized carbons (Fsp3) is 0.222. The van der Waals surface area contributed by atoms with Gasteiger partial charge in [-0.25, -0.2) is 8.42 Å². The lowest BCUT2D eigenvalue weighted by Gasteiger charge is -2.39. The Bertz CT molecular complexity index is 1440. The smallest absolute Gasteiger partial charge is 0.324 e. The third-order valence-electron chi connectivity index (χ3n) is 6.35. The van der Waals surface area contributed by atoms with Crippen molar-refractivity contribution in [3.05, 3.63) is 101 Å². The van der Waals surface area contributed by atoms with Crippen LogP contribution in [0.1, 0.15) is 35.3 Å². The third-order valence-corrected chi connectivity index (χ3v) is 8.24. The molecule has 7 heteroatoms. The maximum atomic E-state index is 14.1. The summed E-state index contributed by atoms with van der Waals surface area (Å²) in [6.45, 7) is 3.80. The van der Waals surface area contributed by atoms with Gasteiger partial charge in [-0.15, -0.1) is 0 Å². The number of benzene rings is 3. The Hall–Kier alpha value is -3.42. The number of carbonyl (C=O) groups excluding carboxylic acids is 1. The van der Waals surface area contributed by atoms with Gasteiger partial charge in [-0.2, -0.15) is 4.31 Å². The van der Waals surface area contributed by atoms with Crippen molar-refractivity contribution in [3.63, 3.8) is 0 Å². The Morgan fingerprint density at radius 2 is 1.68 bits per heavy atom. The van der Waals surface area contributed by atoms with E-state index in [2.05, 4.69) is 4.98 Å². The molecule has 0 saturated heterocycles. The first-order valence-corrected chi connectivity index (χ1v) is 12.8. The summed E-state index contributed by atoms with van der Waals surface area (Å²) in [5.41, 5.74) is 4.36. The van der Waals surface area contributed by atoms with Crippen LogP contribution in [0.2, 0.25) is 0 Å². The van der Waals surface area contributed by atoms with E-state index in [1.165, 1.54) is 4.31 Å². The van der Waals surface area contributed by atoms with E-state index >= 15 is 0 Å². The number of fused-ring (bicyclic) bond motifs is 3. The van der Waals surface area contributed by atoms with E-state index in [1.54, 1.807) is 31.2 Å². The van der Waals surface area contributed by atoms with E-state index in [4.69, 9.17) is 4.74 Å². The molecular weight excluding hydrogens is 448 g/mol. The van der Waals surface area contributed by atoms with Crippen LogP contribution in [0.3, 0.4) is 0 Å². The Kier molecular flexibility index (Phi) is 5.75. The molecule has 0 fully saturated rings. The number of nitrogens with zero attached hydrogens (tertiary/aromatic N) is 1. The third kappa shape index (κ3) is 3.71. The lowest BCUT2D eigenvalue weighted by molar-refractivity contribution is -0.148. The number of sulfonamides is 1. The molecule has 1 aliphatic heterocycles. The van der Waals surface area contributed by atoms with Gasteiger partial charge in [0.15, 0.2) is 0 Å². The minimum Gasteiger partial charge on any atom is -0.465 e. The van der Waals surface area contributed by atoms with Crippen molar-refractivity contribution >= 4 is 26.9 Å². The summed E-state index contributed by atoms with van der Waals surface area (Å²) in [4.78, 5) is 16.9. The van der Waals surface area contributed by atoms with E-state index in [1.807, 2.05) is 61.5 Å². The van der Waals surface area contributed by atoms with Crippen molar-refractivity contribution in [2.75, 3.05) is 6.61 Å². The van der Waals surface area contributed by atoms with E-state index in [0.717, 1.165) is 33.3 Å². The first kappa shape index (κ1) is 22.4. The maximum Gasteiger partial charge on any atom is 0.324 e. The fourth-order valence-electron chi connectivity index (χ4n) is 4.78. The van der Waals surface area contributed by atoms with Crippen LogP contribution < -0.4 is 0 Å². The van der Waals surface area contributed by atoms with Gasteiger partial charge in [0.25, 0.3) is 0 Å². The number of hydrogen-bond acceptors (Lipinski definition) is 4. The van der Waals surface area contributed by atoms with Gasteiger partial charge in [-0.3, -0.25) is 4.79 Å². The molecule has 0 bridgehead atoms. The van der Waals surface area contributed by atoms with Gasteiger partial charge in [-0.1, -0.05) is 66.2 Å². The molecule has 0 radical (unpaired) electrons. The van der Waals surface area contributed by atoms with Crippen LogP contribution in [0.25, 0.3) is 10.9 Å². The van der Waals surface area contributed by atoms with Crippen molar-refractivity contribution < 1.29 is 17.9 Å². The number of nitrogens with one attached hydrogen (secondary N) is 1. The standard InChI is InChI=1S/C27H26N2O4S/c1-3-33-27(30)24-17-22-21-11-7-8-12-23(21)28-25(22)26(19-9-5-4-6-10-19)29(24)34(31,32)20-15-13-18(2)14-16-20/h4-16,24,26,28H,3,17H2,1-2H3. The Morgan fingerprint density at radius 3 is 2.38 bits per heavy atom. The number of aryl methyl sites for hydroxylation is 1. The van der Waals surface area contributed by atoms with Gasteiger partial charge in [0.05, 0.1) is 17.5 Å². The number of hydrogen-bond donors (Lipinski definition) is 1. The molecule has 0 saturated carbocycles. The molecule has 5 rings (SSSR count). The molecule has 6 nitrogen and oxygen atoms in total. The lowest BCUT2D eigenvalue weighted by atomic mass is 9.90. The van der Waals surface area contributed by atoms with Crippen LogP contribution in [0.5, 0.6) is 0 Å². The highest BCUT2D eigenvalue weighted by molar-refractivity contribution is 7.89. The van der Waals surface area contributed by atoms with Gasteiger partial charge < -0.3 is 9.72 Å². The van der Waals surface area contributed by atoms with Gasteiger partial charge in [0, 0.05) is 23.0 Å². The maximum absolute atomic E-state index is 14.1. The van der Waals surface area contributed by atoms with Gasteiger partial charge in [0.1, 0.15) is 6.04 Å². The summed E-state index contributed by atoms with van der Waals surface area (Å²) in [7, 11) is -4.06. The average Bonchev–Trinajstić information content (AvgIpc) is 3.22. The van der Waals surface area contributed by atoms with Crippen molar-refractivity contribution in [2.45, 2.75) is 37.2 Å². The monoisotopic (exact) mass is 474 g/mol. The molecule has 2 heterocycles. The molecular formula is C27H26N2O4S. The van der Waals surface area contributed by atoms with Crippen LogP contribution >= 0.6 is 0 Å². The fourth-order valence-corrected chi connectivity index (χ4v) is 6.50. The molecule has 1 aliphatic rings. The van der Waals surface area contributed by atoms with E-state index in [9.17, 15) is 13.2 Å². The van der Waals surface area contributed by atoms with Gasteiger partial charge >= 0.3 is 5.97 Å². The Balaban J connectivity index is 1.79. The second kappa shape index (κ2) is 8.74. The summed E-state index contributed by atoms with van der Waals surface area (Å²) < 4.78 is 35.0. The zero-order chi connectivity index (χ0) is 23.9. The topological polar surface area (TPSA) is 79.5 Å². The highest BCUT2D eigenvalue weighted by Crippen LogP contribution is 2.43. The number of carbonyl (C=O) groups is 1. The summed E-state index contributed by atoms with van der Waals surface area (Å²) in [6, 6.07) is 22.3. The molecule has 34 heavy (non-hydrogen) atoms. The number of ether oxygens (including phenoxy) is 1. The quantitative estimate of drug-likeness (QED) is 0.424. The SMILES string of the molecule is CCOC(=O)C1Cc2c([nH]c3ccccc23)C(c2ccccc2)N1S(=O)(=O)c1ccc(C)cc1. The van der Waals surface area contributed by atoms with Crippen LogP contribution in [0.15, 0.2) is 83.8 Å². The summed E-state index contributed by atoms with van der Waals surface area (Å²) in [5, 5.41) is 0.986. The Labute approximate surface area is 199 Å². The molecule has 0 spiro atoms. The number of esters is 1. The normalized spacial score (nSPS) is 18.5. The van der Waals surface area contributed by atoms with Crippen LogP contribution in [0.4, 0.5) is 0 Å². The van der Waals surface area contributed by atoms with E-state index in [-0.39, 0.29) is 17.9 Å². The molecule has 0 aliphatic carbocycles. The van der Waals surface area contributed by atoms with Crippen LogP contribution in [-0.2, 0) is 26.0 Å². The number of aromatic nitrogens is 1. The van der Waals surface area contributed by atoms with Crippen molar-refractivity contribution in [1.29, 1.82) is 0 Å². The highest BCUT2D eigenvalue weighted by atomic mass is 32.2. The predicted molar refractivity (Wildman–Crippen MR) is 131 cm³/mol. The number of rotatable bonds is 5. The van der Waals surface area contributed by atoms with E-state index in [0.29, 0.717) is 0 Å². The van der Waals surface area contributed by atoms with Gasteiger partial charge in [0.2, 0.25) is 10.0 Å². The highest BCUT2D eigenvalue weighted by Gasteiger charge is 2.48. The second-order valence-corrected chi connectivity index (χ2v) is 10.3. The summed E-state index contributed by atoms with van der Waals surface area (Å²) in [5.74, 6) is -0.546. The van der Waals surface area contributed by atoms with Crippen molar-refractivity contribution in [2.24, 2.45) is 0 Å². The minimum absolute atomic E-state index is 0.146. The first-order chi connectivity index (χ1) is 16.4. The molecule has 2 atom stereocenters. The zero-order valence-electron chi connectivity index (χ0n) is 19.1. The molecule has 2 unspecified atom stereocenters. The molecule has 4 aromatic rings. The molecule has 1 N–H and O–H groups in total. The largest absolute Gasteiger partial charge is 0.465 e. The van der Waals surface area contributed by atoms with Crippen molar-refractivity contribution in [3.8, 4) is 0 Å². The number of para-hydroxylation sites is 1. The molecule has 1 aromatic heterocycles. The number of aromatic amines is 1. The lowest BCUT2D eigenvalue weighted by Crippen LogP contribution is -2.51. The van der Waals surface area contributed by atoms with Gasteiger partial charge in [-0.05, 0) is 43.2 Å². The average molecular weight is 475 g/mol. The summed E-state index contributed by atoms with van der Waals surface area (Å²) in [6.07, 6.45) is 0.229. The minimum atomic E-state index is -4.06.